The summed E-state index contributed by atoms with van der Waals surface area (Å²) in [5.41, 5.74) is 7.36. The summed E-state index contributed by atoms with van der Waals surface area (Å²) in [4.78, 5) is 13.5. The average Bonchev–Trinajstić information content (AvgIpc) is 2.25. The van der Waals surface area contributed by atoms with Crippen molar-refractivity contribution in [2.75, 3.05) is 25.6 Å². The van der Waals surface area contributed by atoms with Crippen LogP contribution in [-0.4, -0.2) is 34.9 Å². The minimum atomic E-state index is -1.21. The maximum absolute atomic E-state index is 12.0. The van der Waals surface area contributed by atoms with E-state index >= 15 is 0 Å². The Balaban J connectivity index is 2.68. The molecule has 0 radical (unpaired) electrons. The number of carbonyl (C=O) groups excluding carboxylic acids is 1. The molecule has 1 aromatic carbocycles. The Labute approximate surface area is 104 Å². The number of benzene rings is 1. The van der Waals surface area contributed by atoms with Crippen LogP contribution in [0.15, 0.2) is 23.1 Å². The number of hydrogen-bond acceptors (Lipinski definition) is 3. The van der Waals surface area contributed by atoms with Crippen LogP contribution >= 0.6 is 0 Å². The van der Waals surface area contributed by atoms with Gasteiger partial charge in [-0.3, -0.25) is 9.00 Å². The fourth-order valence-corrected chi connectivity index (χ4v) is 2.51. The molecule has 0 saturated heterocycles. The molecule has 4 nitrogen and oxygen atoms in total. The molecule has 0 spiro atoms. The number of amides is 1. The van der Waals surface area contributed by atoms with E-state index in [2.05, 4.69) is 0 Å². The predicted octanol–water partition coefficient (Wildman–Crippen LogP) is 1.16. The minimum Gasteiger partial charge on any atom is -0.398 e. The summed E-state index contributed by atoms with van der Waals surface area (Å²) in [6.45, 7) is 1.93. The van der Waals surface area contributed by atoms with Crippen LogP contribution in [0.1, 0.15) is 12.0 Å². The summed E-state index contributed by atoms with van der Waals surface area (Å²) >= 11 is 0. The van der Waals surface area contributed by atoms with Gasteiger partial charge in [0.05, 0.1) is 15.7 Å². The van der Waals surface area contributed by atoms with Crippen LogP contribution in [0.3, 0.4) is 0 Å². The number of hydrogen-bond donors (Lipinski definition) is 1. The van der Waals surface area contributed by atoms with Crippen molar-refractivity contribution in [3.63, 3.8) is 0 Å². The van der Waals surface area contributed by atoms with Gasteiger partial charge in [-0.2, -0.15) is 0 Å². The molecule has 94 valence electrons. The van der Waals surface area contributed by atoms with Crippen LogP contribution in [0, 0.1) is 6.92 Å². The molecule has 1 rings (SSSR count). The fourth-order valence-electron chi connectivity index (χ4n) is 1.39. The molecule has 0 aromatic heterocycles. The van der Waals surface area contributed by atoms with Crippen molar-refractivity contribution < 1.29 is 9.00 Å². The molecule has 0 aliphatic heterocycles. The zero-order valence-corrected chi connectivity index (χ0v) is 11.2. The summed E-state index contributed by atoms with van der Waals surface area (Å²) < 4.78 is 12.0. The first-order valence-corrected chi connectivity index (χ1v) is 6.68. The molecular weight excluding hydrogens is 236 g/mol. The summed E-state index contributed by atoms with van der Waals surface area (Å²) in [7, 11) is 2.16. The molecule has 5 heteroatoms. The van der Waals surface area contributed by atoms with Crippen molar-refractivity contribution in [3.8, 4) is 0 Å². The molecule has 1 amide bonds. The number of nitrogens with zero attached hydrogens (tertiary/aromatic N) is 1. The molecule has 1 aromatic rings. The Bertz CT molecular complexity index is 444. The number of nitrogens with two attached hydrogens (primary N) is 1. The van der Waals surface area contributed by atoms with E-state index in [9.17, 15) is 9.00 Å². The van der Waals surface area contributed by atoms with Gasteiger partial charge in [-0.1, -0.05) is 6.07 Å². The van der Waals surface area contributed by atoms with E-state index < -0.39 is 10.8 Å². The molecule has 0 aliphatic carbocycles. The van der Waals surface area contributed by atoms with Gasteiger partial charge in [0.1, 0.15) is 0 Å². The molecular formula is C12H18N2O2S. The molecule has 1 unspecified atom stereocenters. The largest absolute Gasteiger partial charge is 0.398 e. The third kappa shape index (κ3) is 3.85. The van der Waals surface area contributed by atoms with E-state index in [-0.39, 0.29) is 12.3 Å². The van der Waals surface area contributed by atoms with Gasteiger partial charge >= 0.3 is 0 Å². The molecule has 2 N–H and O–H groups in total. The fraction of sp³-hybridized carbons (Fsp3) is 0.417. The van der Waals surface area contributed by atoms with Gasteiger partial charge in [0.2, 0.25) is 5.91 Å². The molecule has 0 heterocycles. The second kappa shape index (κ2) is 5.82. The van der Waals surface area contributed by atoms with E-state index in [1.54, 1.807) is 26.2 Å². The first-order valence-electron chi connectivity index (χ1n) is 5.36. The Morgan fingerprint density at radius 3 is 2.59 bits per heavy atom. The quantitative estimate of drug-likeness (QED) is 0.820. The first-order chi connectivity index (χ1) is 7.91. The summed E-state index contributed by atoms with van der Waals surface area (Å²) in [6.07, 6.45) is 0.271. The Hall–Kier alpha value is -1.36. The highest BCUT2D eigenvalue weighted by molar-refractivity contribution is 7.85. The third-order valence-electron chi connectivity index (χ3n) is 2.41. The van der Waals surface area contributed by atoms with Gasteiger partial charge < -0.3 is 10.6 Å². The smallest absolute Gasteiger partial charge is 0.222 e. The molecule has 0 fully saturated rings. The number of carbonyl (C=O) groups is 1. The molecule has 0 bridgehead atoms. The SMILES string of the molecule is Cc1ccc(S(=O)CCC(=O)N(C)C)c(N)c1. The van der Waals surface area contributed by atoms with Crippen molar-refractivity contribution in [2.24, 2.45) is 0 Å². The summed E-state index contributed by atoms with van der Waals surface area (Å²) in [6, 6.07) is 5.43. The van der Waals surface area contributed by atoms with Crippen LogP contribution in [0.2, 0.25) is 0 Å². The molecule has 0 saturated carbocycles. The highest BCUT2D eigenvalue weighted by Gasteiger charge is 2.11. The van der Waals surface area contributed by atoms with Crippen LogP contribution in [-0.2, 0) is 15.6 Å². The van der Waals surface area contributed by atoms with Gasteiger partial charge in [0.25, 0.3) is 0 Å². The predicted molar refractivity (Wildman–Crippen MR) is 70.2 cm³/mol. The van der Waals surface area contributed by atoms with Gasteiger partial charge in [-0.05, 0) is 24.6 Å². The van der Waals surface area contributed by atoms with Crippen molar-refractivity contribution in [3.05, 3.63) is 23.8 Å². The lowest BCUT2D eigenvalue weighted by Crippen LogP contribution is -2.23. The van der Waals surface area contributed by atoms with Gasteiger partial charge in [-0.25, -0.2) is 0 Å². The van der Waals surface area contributed by atoms with E-state index in [0.717, 1.165) is 5.56 Å². The van der Waals surface area contributed by atoms with Crippen LogP contribution < -0.4 is 5.73 Å². The lowest BCUT2D eigenvalue weighted by molar-refractivity contribution is -0.128. The molecule has 1 atom stereocenters. The van der Waals surface area contributed by atoms with E-state index in [4.69, 9.17) is 5.73 Å². The first kappa shape index (κ1) is 13.7. The van der Waals surface area contributed by atoms with Gasteiger partial charge in [-0.15, -0.1) is 0 Å². The Kier molecular flexibility index (Phi) is 4.69. The molecule has 17 heavy (non-hydrogen) atoms. The van der Waals surface area contributed by atoms with E-state index in [1.165, 1.54) is 4.90 Å². The maximum atomic E-state index is 12.0. The van der Waals surface area contributed by atoms with Crippen molar-refractivity contribution >= 4 is 22.4 Å². The third-order valence-corrected chi connectivity index (χ3v) is 3.85. The van der Waals surface area contributed by atoms with Gasteiger partial charge in [0, 0.05) is 32.0 Å². The van der Waals surface area contributed by atoms with Crippen LogP contribution in [0.5, 0.6) is 0 Å². The normalized spacial score (nSPS) is 12.2. The van der Waals surface area contributed by atoms with E-state index in [0.29, 0.717) is 16.3 Å². The maximum Gasteiger partial charge on any atom is 0.222 e. The number of aryl methyl sites for hydroxylation is 1. The van der Waals surface area contributed by atoms with E-state index in [1.807, 2.05) is 13.0 Å². The van der Waals surface area contributed by atoms with Crippen LogP contribution in [0.4, 0.5) is 5.69 Å². The Morgan fingerprint density at radius 2 is 2.06 bits per heavy atom. The minimum absolute atomic E-state index is 0.0240. The lowest BCUT2D eigenvalue weighted by Gasteiger charge is -2.10. The average molecular weight is 254 g/mol. The Morgan fingerprint density at radius 1 is 1.41 bits per heavy atom. The zero-order chi connectivity index (χ0) is 13.0. The monoisotopic (exact) mass is 254 g/mol. The summed E-state index contributed by atoms with van der Waals surface area (Å²) in [5.74, 6) is 0.286. The number of anilines is 1. The van der Waals surface area contributed by atoms with Gasteiger partial charge in [0.15, 0.2) is 0 Å². The summed E-state index contributed by atoms with van der Waals surface area (Å²) in [5, 5.41) is 0. The number of nitrogen functional groups attached to an aromatic ring is 1. The van der Waals surface area contributed by atoms with Crippen molar-refractivity contribution in [2.45, 2.75) is 18.2 Å². The molecule has 0 aliphatic rings. The highest BCUT2D eigenvalue weighted by Crippen LogP contribution is 2.18. The standard InChI is InChI=1S/C12H18N2O2S/c1-9-4-5-11(10(13)8-9)17(16)7-6-12(15)14(2)3/h4-5,8H,6-7,13H2,1-3H3. The number of rotatable bonds is 4. The second-order valence-electron chi connectivity index (χ2n) is 4.13. The zero-order valence-electron chi connectivity index (χ0n) is 10.4. The second-order valence-corrected chi connectivity index (χ2v) is 5.67. The van der Waals surface area contributed by atoms with Crippen molar-refractivity contribution in [1.29, 1.82) is 0 Å². The lowest BCUT2D eigenvalue weighted by atomic mass is 10.2. The van der Waals surface area contributed by atoms with Crippen molar-refractivity contribution in [1.82, 2.24) is 4.90 Å². The topological polar surface area (TPSA) is 63.4 Å². The van der Waals surface area contributed by atoms with Crippen LogP contribution in [0.25, 0.3) is 0 Å². The highest BCUT2D eigenvalue weighted by atomic mass is 32.2.